The van der Waals surface area contributed by atoms with Gasteiger partial charge in [-0.3, -0.25) is 0 Å². The molecule has 0 aliphatic carbocycles. The lowest BCUT2D eigenvalue weighted by atomic mass is 10.1. The highest BCUT2D eigenvalue weighted by atomic mass is 35.5. The molecule has 1 saturated heterocycles. The molecule has 7 nitrogen and oxygen atoms in total. The molecule has 1 N–H and O–H groups in total. The first-order valence-electron chi connectivity index (χ1n) is 8.29. The average Bonchev–Trinajstić information content (AvgIpc) is 2.81. The smallest absolute Gasteiger partial charge is 0.241 e. The van der Waals surface area contributed by atoms with Crippen LogP contribution < -0.4 is 5.32 Å². The first-order chi connectivity index (χ1) is 12.2. The fourth-order valence-electron chi connectivity index (χ4n) is 3.06. The molecule has 0 spiro atoms. The van der Waals surface area contributed by atoms with Gasteiger partial charge in [-0.25, -0.2) is 26.7 Å². The van der Waals surface area contributed by atoms with Crippen LogP contribution >= 0.6 is 11.6 Å². The van der Waals surface area contributed by atoms with Crippen LogP contribution in [0.3, 0.4) is 0 Å². The Labute approximate surface area is 155 Å². The molecule has 1 fully saturated rings. The van der Waals surface area contributed by atoms with Crippen molar-refractivity contribution in [3.63, 3.8) is 0 Å². The van der Waals surface area contributed by atoms with E-state index in [1.54, 1.807) is 0 Å². The molecule has 0 saturated carbocycles. The van der Waals surface area contributed by atoms with Gasteiger partial charge in [-0.1, -0.05) is 24.9 Å². The minimum Gasteiger partial charge on any atom is -0.347 e. The number of nitrogens with one attached hydrogen (secondary N) is 1. The van der Waals surface area contributed by atoms with Gasteiger partial charge in [0.15, 0.2) is 5.82 Å². The quantitative estimate of drug-likeness (QED) is 0.822. The molecule has 11 heteroatoms. The van der Waals surface area contributed by atoms with Crippen molar-refractivity contribution >= 4 is 33.1 Å². The normalized spacial score (nSPS) is 22.0. The van der Waals surface area contributed by atoms with Crippen molar-refractivity contribution in [3.8, 4) is 0 Å². The van der Waals surface area contributed by atoms with Gasteiger partial charge >= 0.3 is 0 Å². The van der Waals surface area contributed by atoms with E-state index in [0.29, 0.717) is 12.1 Å². The topological polar surface area (TPSA) is 79.6 Å². The number of sulfonamides is 1. The highest BCUT2D eigenvalue weighted by Crippen LogP contribution is 2.27. The van der Waals surface area contributed by atoms with E-state index in [1.165, 1.54) is 10.7 Å². The van der Waals surface area contributed by atoms with Crippen molar-refractivity contribution < 1.29 is 17.2 Å². The molecule has 0 unspecified atom stereocenters. The predicted octanol–water partition coefficient (Wildman–Crippen LogP) is 2.26. The third kappa shape index (κ3) is 3.63. The molecule has 3 heterocycles. The zero-order valence-electron chi connectivity index (χ0n) is 14.4. The van der Waals surface area contributed by atoms with Gasteiger partial charge in [-0.15, -0.1) is 5.10 Å². The van der Waals surface area contributed by atoms with E-state index in [1.807, 2.05) is 6.92 Å². The minimum atomic E-state index is -3.42. The standard InChI is InChI=1S/C15H20ClF2N5O2S/c1-3-4-11-13(16)14(18)12-7-19-15(21-23(11)12)20-10-5-6-22(8-9(10)17)26(2,24)25/h7,9-10H,3-6,8H2,1-2H3,(H,20,21)/t9-,10-/m1/s1. The second kappa shape index (κ2) is 7.24. The van der Waals surface area contributed by atoms with Crippen LogP contribution in [0, 0.1) is 5.82 Å². The van der Waals surface area contributed by atoms with Crippen molar-refractivity contribution in [2.75, 3.05) is 24.7 Å². The number of aromatic nitrogens is 3. The Hall–Kier alpha value is -1.52. The third-order valence-electron chi connectivity index (χ3n) is 4.43. The maximum atomic E-state index is 14.4. The summed E-state index contributed by atoms with van der Waals surface area (Å²) in [6, 6.07) is -0.629. The largest absolute Gasteiger partial charge is 0.347 e. The Morgan fingerprint density at radius 3 is 2.81 bits per heavy atom. The number of hydrogen-bond donors (Lipinski definition) is 1. The summed E-state index contributed by atoms with van der Waals surface area (Å²) in [5.74, 6) is -0.437. The van der Waals surface area contributed by atoms with Gasteiger partial charge < -0.3 is 5.32 Å². The monoisotopic (exact) mass is 407 g/mol. The molecule has 1 aliphatic heterocycles. The number of rotatable bonds is 5. The Balaban J connectivity index is 1.82. The third-order valence-corrected chi connectivity index (χ3v) is 6.09. The number of nitrogens with zero attached hydrogens (tertiary/aromatic N) is 4. The lowest BCUT2D eigenvalue weighted by Gasteiger charge is -2.33. The molecule has 0 aromatic carbocycles. The van der Waals surface area contributed by atoms with E-state index >= 15 is 0 Å². The van der Waals surface area contributed by atoms with Crippen molar-refractivity contribution in [1.29, 1.82) is 0 Å². The molecule has 0 radical (unpaired) electrons. The maximum Gasteiger partial charge on any atom is 0.241 e. The molecule has 1 aliphatic rings. The second-order valence-corrected chi connectivity index (χ2v) is 8.74. The highest BCUT2D eigenvalue weighted by molar-refractivity contribution is 7.88. The summed E-state index contributed by atoms with van der Waals surface area (Å²) in [5.41, 5.74) is 0.698. The zero-order valence-corrected chi connectivity index (χ0v) is 16.0. The fourth-order valence-corrected chi connectivity index (χ4v) is 4.19. The summed E-state index contributed by atoms with van der Waals surface area (Å²) < 4.78 is 54.1. The summed E-state index contributed by atoms with van der Waals surface area (Å²) in [6.07, 6.45) is 2.53. The lowest BCUT2D eigenvalue weighted by molar-refractivity contribution is 0.186. The van der Waals surface area contributed by atoms with Gasteiger partial charge in [0.2, 0.25) is 16.0 Å². The van der Waals surface area contributed by atoms with E-state index in [0.717, 1.165) is 17.0 Å². The number of piperidine rings is 1. The molecule has 26 heavy (non-hydrogen) atoms. The van der Waals surface area contributed by atoms with Gasteiger partial charge in [0, 0.05) is 13.1 Å². The van der Waals surface area contributed by atoms with Crippen LogP contribution in [0.5, 0.6) is 0 Å². The second-order valence-electron chi connectivity index (χ2n) is 6.38. The van der Waals surface area contributed by atoms with E-state index in [-0.39, 0.29) is 36.0 Å². The Morgan fingerprint density at radius 2 is 2.19 bits per heavy atom. The summed E-state index contributed by atoms with van der Waals surface area (Å²) in [6.45, 7) is 1.94. The number of anilines is 1. The van der Waals surface area contributed by atoms with Crippen molar-refractivity contribution in [3.05, 3.63) is 22.7 Å². The zero-order chi connectivity index (χ0) is 19.1. The molecule has 0 amide bonds. The predicted molar refractivity (Wildman–Crippen MR) is 95.3 cm³/mol. The number of halogens is 3. The van der Waals surface area contributed by atoms with E-state index in [2.05, 4.69) is 15.4 Å². The van der Waals surface area contributed by atoms with Gasteiger partial charge in [0.05, 0.1) is 24.2 Å². The number of alkyl halides is 1. The molecule has 144 valence electrons. The van der Waals surface area contributed by atoms with Crippen molar-refractivity contribution in [2.45, 2.75) is 38.4 Å². The van der Waals surface area contributed by atoms with Crippen LogP contribution in [0.1, 0.15) is 25.5 Å². The summed E-state index contributed by atoms with van der Waals surface area (Å²) in [4.78, 5) is 4.04. The molecule has 3 rings (SSSR count). The number of hydrogen-bond acceptors (Lipinski definition) is 5. The van der Waals surface area contributed by atoms with Crippen LogP contribution in [-0.4, -0.2) is 58.9 Å². The van der Waals surface area contributed by atoms with E-state index < -0.39 is 28.1 Å². The fraction of sp³-hybridized carbons (Fsp3) is 0.600. The Bertz CT molecular complexity index is 920. The maximum absolute atomic E-state index is 14.4. The van der Waals surface area contributed by atoms with Gasteiger partial charge in [0.25, 0.3) is 0 Å². The molecule has 0 bridgehead atoms. The van der Waals surface area contributed by atoms with Crippen LogP contribution in [-0.2, 0) is 16.4 Å². The van der Waals surface area contributed by atoms with E-state index in [9.17, 15) is 17.2 Å². The summed E-state index contributed by atoms with van der Waals surface area (Å²) >= 11 is 6.04. The Morgan fingerprint density at radius 1 is 1.46 bits per heavy atom. The lowest BCUT2D eigenvalue weighted by Crippen LogP contribution is -2.49. The summed E-state index contributed by atoms with van der Waals surface area (Å²) in [7, 11) is -3.42. The minimum absolute atomic E-state index is 0.0168. The van der Waals surface area contributed by atoms with Crippen LogP contribution in [0.25, 0.3) is 5.52 Å². The summed E-state index contributed by atoms with van der Waals surface area (Å²) in [5, 5.41) is 7.15. The number of fused-ring (bicyclic) bond motifs is 1. The van der Waals surface area contributed by atoms with Crippen LogP contribution in [0.4, 0.5) is 14.7 Å². The SMILES string of the molecule is CCCc1c(Cl)c(F)c2cnc(N[C@@H]3CCN(S(C)(=O)=O)C[C@H]3F)nn12. The van der Waals surface area contributed by atoms with Gasteiger partial charge in [0.1, 0.15) is 16.7 Å². The molecule has 2 aromatic rings. The molecule has 2 atom stereocenters. The van der Waals surface area contributed by atoms with Gasteiger partial charge in [-0.05, 0) is 12.8 Å². The molecular formula is C15H20ClF2N5O2S. The van der Waals surface area contributed by atoms with Gasteiger partial charge in [-0.2, -0.15) is 4.31 Å². The van der Waals surface area contributed by atoms with Crippen molar-refractivity contribution in [2.24, 2.45) is 0 Å². The highest BCUT2D eigenvalue weighted by Gasteiger charge is 2.33. The van der Waals surface area contributed by atoms with Crippen LogP contribution in [0.15, 0.2) is 6.20 Å². The van der Waals surface area contributed by atoms with Crippen LogP contribution in [0.2, 0.25) is 5.02 Å². The first-order valence-corrected chi connectivity index (χ1v) is 10.5. The Kier molecular flexibility index (Phi) is 5.36. The molecular weight excluding hydrogens is 388 g/mol. The first kappa shape index (κ1) is 19.2. The van der Waals surface area contributed by atoms with Crippen molar-refractivity contribution in [1.82, 2.24) is 18.9 Å². The molecule has 2 aromatic heterocycles. The number of aryl methyl sites for hydroxylation is 1. The average molecular weight is 408 g/mol. The van der Waals surface area contributed by atoms with E-state index in [4.69, 9.17) is 11.6 Å².